The maximum absolute atomic E-state index is 14.0. The van der Waals surface area contributed by atoms with Gasteiger partial charge in [-0.15, -0.1) is 0 Å². The number of ether oxygens (including phenoxy) is 1. The lowest BCUT2D eigenvalue weighted by Gasteiger charge is -2.26. The smallest absolute Gasteiger partial charge is 0.142 e. The van der Waals surface area contributed by atoms with Gasteiger partial charge in [0.2, 0.25) is 0 Å². The molecule has 0 radical (unpaired) electrons. The van der Waals surface area contributed by atoms with Crippen molar-refractivity contribution >= 4 is 15.9 Å². The summed E-state index contributed by atoms with van der Waals surface area (Å²) >= 11 is 3.18. The molecule has 0 fully saturated rings. The maximum atomic E-state index is 14.0. The normalized spacial score (nSPS) is 13.7. The average Bonchev–Trinajstić information content (AvgIpc) is 2.35. The zero-order valence-electron chi connectivity index (χ0n) is 11.0. The first kappa shape index (κ1) is 15.6. The van der Waals surface area contributed by atoms with E-state index in [2.05, 4.69) is 21.4 Å². The third-order valence-corrected chi connectivity index (χ3v) is 3.76. The molecule has 0 aromatic heterocycles. The van der Waals surface area contributed by atoms with Crippen molar-refractivity contribution in [2.75, 3.05) is 7.11 Å². The van der Waals surface area contributed by atoms with Crippen molar-refractivity contribution in [3.63, 3.8) is 0 Å². The molecule has 0 heterocycles. The summed E-state index contributed by atoms with van der Waals surface area (Å²) in [5, 5.41) is 0. The van der Waals surface area contributed by atoms with Gasteiger partial charge in [-0.1, -0.05) is 12.1 Å². The predicted molar refractivity (Wildman–Crippen MR) is 74.5 cm³/mol. The van der Waals surface area contributed by atoms with Gasteiger partial charge in [0.1, 0.15) is 5.82 Å². The van der Waals surface area contributed by atoms with Crippen LogP contribution in [0.4, 0.5) is 4.39 Å². The molecular formula is C13H20BrFN2O. The van der Waals surface area contributed by atoms with Crippen molar-refractivity contribution in [3.8, 4) is 0 Å². The summed E-state index contributed by atoms with van der Waals surface area (Å²) in [6.45, 7) is 4.00. The maximum Gasteiger partial charge on any atom is 0.142 e. The molecule has 0 amide bonds. The second-order valence-corrected chi connectivity index (χ2v) is 5.72. The number of hydrogen-bond acceptors (Lipinski definition) is 3. The topological polar surface area (TPSA) is 47.3 Å². The molecule has 1 unspecified atom stereocenters. The summed E-state index contributed by atoms with van der Waals surface area (Å²) in [4.78, 5) is 0. The number of benzene rings is 1. The van der Waals surface area contributed by atoms with E-state index in [4.69, 9.17) is 10.6 Å². The number of rotatable bonds is 6. The van der Waals surface area contributed by atoms with Gasteiger partial charge in [0.25, 0.3) is 0 Å². The van der Waals surface area contributed by atoms with Crippen molar-refractivity contribution in [2.45, 2.75) is 38.3 Å². The van der Waals surface area contributed by atoms with Crippen LogP contribution in [0.1, 0.15) is 38.3 Å². The molecule has 3 nitrogen and oxygen atoms in total. The molecule has 1 atom stereocenters. The van der Waals surface area contributed by atoms with E-state index in [0.717, 1.165) is 6.42 Å². The molecule has 1 aromatic carbocycles. The summed E-state index contributed by atoms with van der Waals surface area (Å²) in [7, 11) is 1.67. The number of nitrogens with one attached hydrogen (secondary N) is 1. The molecule has 0 aliphatic heterocycles. The lowest BCUT2D eigenvalue weighted by molar-refractivity contribution is 0.0116. The third-order valence-electron chi connectivity index (χ3n) is 3.15. The van der Waals surface area contributed by atoms with Crippen LogP contribution in [0, 0.1) is 5.82 Å². The van der Waals surface area contributed by atoms with E-state index in [-0.39, 0.29) is 17.5 Å². The van der Waals surface area contributed by atoms with Gasteiger partial charge in [-0.25, -0.2) is 4.39 Å². The van der Waals surface area contributed by atoms with E-state index in [0.29, 0.717) is 16.5 Å². The van der Waals surface area contributed by atoms with E-state index in [9.17, 15) is 4.39 Å². The van der Waals surface area contributed by atoms with Gasteiger partial charge in [-0.2, -0.15) is 0 Å². The van der Waals surface area contributed by atoms with Crippen molar-refractivity contribution in [3.05, 3.63) is 34.1 Å². The van der Waals surface area contributed by atoms with E-state index in [1.807, 2.05) is 13.8 Å². The Kier molecular flexibility index (Phi) is 5.72. The van der Waals surface area contributed by atoms with E-state index < -0.39 is 0 Å². The molecule has 0 aliphatic rings. The number of hydrogen-bond donors (Lipinski definition) is 2. The molecule has 0 spiro atoms. The average molecular weight is 319 g/mol. The highest BCUT2D eigenvalue weighted by Gasteiger charge is 2.21. The first-order valence-corrected chi connectivity index (χ1v) is 6.66. The van der Waals surface area contributed by atoms with Crippen molar-refractivity contribution < 1.29 is 9.13 Å². The zero-order valence-corrected chi connectivity index (χ0v) is 12.6. The van der Waals surface area contributed by atoms with Gasteiger partial charge in [0, 0.05) is 18.7 Å². The Hall–Kier alpha value is -0.490. The number of halogens is 2. The second kappa shape index (κ2) is 6.61. The molecule has 3 N–H and O–H groups in total. The van der Waals surface area contributed by atoms with E-state index in [1.165, 1.54) is 0 Å². The molecule has 18 heavy (non-hydrogen) atoms. The summed E-state index contributed by atoms with van der Waals surface area (Å²) in [5.41, 5.74) is 3.00. The summed E-state index contributed by atoms with van der Waals surface area (Å²) in [6.07, 6.45) is 1.48. The van der Waals surface area contributed by atoms with Crippen molar-refractivity contribution in [2.24, 2.45) is 5.84 Å². The molecule has 0 aliphatic carbocycles. The Morgan fingerprint density at radius 2 is 2.17 bits per heavy atom. The Labute approximate surface area is 116 Å². The molecule has 5 heteroatoms. The highest BCUT2D eigenvalue weighted by molar-refractivity contribution is 9.10. The van der Waals surface area contributed by atoms with Crippen LogP contribution in [0.15, 0.2) is 22.7 Å². The summed E-state index contributed by atoms with van der Waals surface area (Å²) in [5.74, 6) is 5.25. The molecule has 102 valence electrons. The van der Waals surface area contributed by atoms with Gasteiger partial charge in [-0.05, 0) is 48.7 Å². The highest BCUT2D eigenvalue weighted by Crippen LogP contribution is 2.28. The molecule has 1 aromatic rings. The first-order chi connectivity index (χ1) is 8.41. The van der Waals surface area contributed by atoms with Crippen LogP contribution in [0.2, 0.25) is 0 Å². The first-order valence-electron chi connectivity index (χ1n) is 5.86. The van der Waals surface area contributed by atoms with Crippen molar-refractivity contribution in [1.29, 1.82) is 0 Å². The minimum atomic E-state index is -0.268. The SMILES string of the molecule is COC(C)(C)CCC(NN)c1cccc(Br)c1F. The predicted octanol–water partition coefficient (Wildman–Crippen LogP) is 3.30. The standard InChI is InChI=1S/C13H20BrFN2O/c1-13(2,18-3)8-7-11(17-16)9-5-4-6-10(14)12(9)15/h4-6,11,17H,7-8,16H2,1-3H3. The van der Waals surface area contributed by atoms with Crippen LogP contribution < -0.4 is 11.3 Å². The molecule has 1 rings (SSSR count). The van der Waals surface area contributed by atoms with Crippen LogP contribution >= 0.6 is 15.9 Å². The van der Waals surface area contributed by atoms with Crippen LogP contribution in [0.3, 0.4) is 0 Å². The second-order valence-electron chi connectivity index (χ2n) is 4.86. The Balaban J connectivity index is 2.81. The molecular weight excluding hydrogens is 299 g/mol. The fourth-order valence-electron chi connectivity index (χ4n) is 1.71. The van der Waals surface area contributed by atoms with Gasteiger partial charge in [0.15, 0.2) is 0 Å². The lowest BCUT2D eigenvalue weighted by atomic mass is 9.95. The summed E-state index contributed by atoms with van der Waals surface area (Å²) in [6, 6.07) is 4.99. The quantitative estimate of drug-likeness (QED) is 0.625. The van der Waals surface area contributed by atoms with Crippen LogP contribution in [0.5, 0.6) is 0 Å². The van der Waals surface area contributed by atoms with E-state index >= 15 is 0 Å². The fraction of sp³-hybridized carbons (Fsp3) is 0.538. The number of nitrogens with two attached hydrogens (primary N) is 1. The van der Waals surface area contributed by atoms with Crippen LogP contribution in [0.25, 0.3) is 0 Å². The number of methoxy groups -OCH3 is 1. The fourth-order valence-corrected chi connectivity index (χ4v) is 2.09. The zero-order chi connectivity index (χ0) is 13.8. The van der Waals surface area contributed by atoms with Crippen molar-refractivity contribution in [1.82, 2.24) is 5.43 Å². The largest absolute Gasteiger partial charge is 0.379 e. The third kappa shape index (κ3) is 4.02. The monoisotopic (exact) mass is 318 g/mol. The van der Waals surface area contributed by atoms with Gasteiger partial charge < -0.3 is 4.74 Å². The molecule has 0 saturated carbocycles. The van der Waals surface area contributed by atoms with Crippen LogP contribution in [-0.2, 0) is 4.74 Å². The van der Waals surface area contributed by atoms with Gasteiger partial charge in [-0.3, -0.25) is 11.3 Å². The Morgan fingerprint density at radius 1 is 1.50 bits per heavy atom. The van der Waals surface area contributed by atoms with Gasteiger partial charge in [0.05, 0.1) is 10.1 Å². The Bertz CT molecular complexity index is 399. The molecule has 0 bridgehead atoms. The summed E-state index contributed by atoms with van der Waals surface area (Å²) < 4.78 is 19.8. The minimum absolute atomic E-state index is 0.225. The lowest BCUT2D eigenvalue weighted by Crippen LogP contribution is -2.31. The number of hydrazine groups is 1. The highest BCUT2D eigenvalue weighted by atomic mass is 79.9. The van der Waals surface area contributed by atoms with E-state index in [1.54, 1.807) is 25.3 Å². The molecule has 0 saturated heterocycles. The Morgan fingerprint density at radius 3 is 2.72 bits per heavy atom. The van der Waals surface area contributed by atoms with Crippen LogP contribution in [-0.4, -0.2) is 12.7 Å². The van der Waals surface area contributed by atoms with Gasteiger partial charge >= 0.3 is 0 Å². The minimum Gasteiger partial charge on any atom is -0.379 e.